The Balaban J connectivity index is 3.40. The maximum Gasteiger partial charge on any atom is 0.420 e. The van der Waals surface area contributed by atoms with E-state index in [9.17, 15) is 18.3 Å². The van der Waals surface area contributed by atoms with Crippen LogP contribution in [-0.2, 0) is 6.18 Å². The number of methoxy groups -OCH3 is 1. The molecule has 0 saturated carbocycles. The first-order valence-electron chi connectivity index (χ1n) is 4.96. The van der Waals surface area contributed by atoms with Gasteiger partial charge in [-0.3, -0.25) is 0 Å². The molecule has 0 fully saturated rings. The number of aliphatic hydroxyl groups excluding tert-OH is 1. The van der Waals surface area contributed by atoms with E-state index in [-0.39, 0.29) is 11.3 Å². The Morgan fingerprint density at radius 2 is 1.94 bits per heavy atom. The van der Waals surface area contributed by atoms with E-state index in [1.807, 2.05) is 0 Å². The quantitative estimate of drug-likeness (QED) is 0.862. The summed E-state index contributed by atoms with van der Waals surface area (Å²) in [7, 11) is 1.15. The van der Waals surface area contributed by atoms with Crippen molar-refractivity contribution in [2.75, 3.05) is 7.11 Å². The SMILES string of the molecule is COc1cccc([C@H](O)[C@@H](C)N)c1C(F)(F)F. The normalized spacial score (nSPS) is 15.5. The van der Waals surface area contributed by atoms with Crippen LogP contribution in [0.2, 0.25) is 0 Å². The molecule has 6 heteroatoms. The lowest BCUT2D eigenvalue weighted by Gasteiger charge is -2.21. The number of nitrogens with two attached hydrogens (primary N) is 1. The minimum absolute atomic E-state index is 0.271. The van der Waals surface area contributed by atoms with Gasteiger partial charge in [0.05, 0.1) is 13.2 Å². The van der Waals surface area contributed by atoms with Crippen LogP contribution in [0.5, 0.6) is 5.75 Å². The van der Waals surface area contributed by atoms with Crippen LogP contribution >= 0.6 is 0 Å². The summed E-state index contributed by atoms with van der Waals surface area (Å²) in [6, 6.07) is 2.97. The van der Waals surface area contributed by atoms with E-state index in [2.05, 4.69) is 4.74 Å². The summed E-state index contributed by atoms with van der Waals surface area (Å²) in [5, 5.41) is 9.68. The van der Waals surface area contributed by atoms with Crippen molar-refractivity contribution in [2.45, 2.75) is 25.2 Å². The molecule has 0 heterocycles. The lowest BCUT2D eigenvalue weighted by atomic mass is 9.97. The smallest absolute Gasteiger partial charge is 0.420 e. The largest absolute Gasteiger partial charge is 0.496 e. The molecule has 0 amide bonds. The van der Waals surface area contributed by atoms with E-state index in [1.165, 1.54) is 25.1 Å². The zero-order valence-corrected chi connectivity index (χ0v) is 9.45. The van der Waals surface area contributed by atoms with Gasteiger partial charge in [-0.25, -0.2) is 0 Å². The van der Waals surface area contributed by atoms with E-state index in [0.717, 1.165) is 7.11 Å². The van der Waals surface area contributed by atoms with Crippen LogP contribution in [-0.4, -0.2) is 18.3 Å². The Labute approximate surface area is 97.0 Å². The van der Waals surface area contributed by atoms with Gasteiger partial charge in [-0.2, -0.15) is 13.2 Å². The van der Waals surface area contributed by atoms with Gasteiger partial charge in [-0.1, -0.05) is 12.1 Å². The zero-order chi connectivity index (χ0) is 13.2. The van der Waals surface area contributed by atoms with E-state index < -0.39 is 23.9 Å². The van der Waals surface area contributed by atoms with Crippen molar-refractivity contribution in [1.82, 2.24) is 0 Å². The van der Waals surface area contributed by atoms with Crippen LogP contribution in [0.1, 0.15) is 24.2 Å². The summed E-state index contributed by atoms with van der Waals surface area (Å²) in [6.45, 7) is 1.43. The summed E-state index contributed by atoms with van der Waals surface area (Å²) in [5.41, 5.74) is 4.16. The molecule has 1 aromatic rings. The first-order valence-corrected chi connectivity index (χ1v) is 4.96. The Bertz CT molecular complexity index is 391. The van der Waals surface area contributed by atoms with Crippen molar-refractivity contribution in [3.8, 4) is 5.75 Å². The molecule has 96 valence electrons. The van der Waals surface area contributed by atoms with Gasteiger partial charge < -0.3 is 15.6 Å². The number of hydrogen-bond acceptors (Lipinski definition) is 3. The van der Waals surface area contributed by atoms with Crippen molar-refractivity contribution in [1.29, 1.82) is 0 Å². The first-order chi connectivity index (χ1) is 7.79. The highest BCUT2D eigenvalue weighted by molar-refractivity contribution is 5.43. The number of ether oxygens (including phenoxy) is 1. The van der Waals surface area contributed by atoms with Gasteiger partial charge in [0.2, 0.25) is 0 Å². The second-order valence-corrected chi connectivity index (χ2v) is 3.73. The predicted octanol–water partition coefficient (Wildman–Crippen LogP) is 2.09. The number of rotatable bonds is 3. The highest BCUT2D eigenvalue weighted by Gasteiger charge is 2.38. The van der Waals surface area contributed by atoms with Crippen molar-refractivity contribution in [2.24, 2.45) is 5.73 Å². The molecule has 0 aliphatic carbocycles. The summed E-state index contributed by atoms with van der Waals surface area (Å²) in [5.74, 6) is -0.324. The third-order valence-electron chi connectivity index (χ3n) is 2.38. The Morgan fingerprint density at radius 3 is 2.35 bits per heavy atom. The van der Waals surface area contributed by atoms with Gasteiger partial charge in [-0.15, -0.1) is 0 Å². The molecule has 2 atom stereocenters. The van der Waals surface area contributed by atoms with Gasteiger partial charge in [0.1, 0.15) is 11.3 Å². The van der Waals surface area contributed by atoms with Gasteiger partial charge in [0, 0.05) is 6.04 Å². The molecule has 0 unspecified atom stereocenters. The summed E-state index contributed by atoms with van der Waals surface area (Å²) in [6.07, 6.45) is -5.99. The molecule has 0 aliphatic rings. The highest BCUT2D eigenvalue weighted by atomic mass is 19.4. The fourth-order valence-electron chi connectivity index (χ4n) is 1.55. The third kappa shape index (κ3) is 2.89. The molecular weight excluding hydrogens is 235 g/mol. The molecule has 0 spiro atoms. The van der Waals surface area contributed by atoms with Crippen molar-refractivity contribution in [3.05, 3.63) is 29.3 Å². The lowest BCUT2D eigenvalue weighted by molar-refractivity contribution is -0.140. The number of aliphatic hydroxyl groups is 1. The van der Waals surface area contributed by atoms with Gasteiger partial charge >= 0.3 is 6.18 Å². The maximum atomic E-state index is 12.9. The fourth-order valence-corrected chi connectivity index (χ4v) is 1.55. The molecule has 3 nitrogen and oxygen atoms in total. The van der Waals surface area contributed by atoms with E-state index >= 15 is 0 Å². The molecule has 0 aliphatic heterocycles. The average Bonchev–Trinajstić information content (AvgIpc) is 2.25. The predicted molar refractivity (Wildman–Crippen MR) is 56.6 cm³/mol. The van der Waals surface area contributed by atoms with Gasteiger partial charge in [-0.05, 0) is 18.6 Å². The summed E-state index contributed by atoms with van der Waals surface area (Å²) < 4.78 is 43.3. The van der Waals surface area contributed by atoms with Crippen molar-refractivity contribution in [3.63, 3.8) is 0 Å². The second-order valence-electron chi connectivity index (χ2n) is 3.73. The van der Waals surface area contributed by atoms with Gasteiger partial charge in [0.25, 0.3) is 0 Å². The van der Waals surface area contributed by atoms with Crippen LogP contribution < -0.4 is 10.5 Å². The highest BCUT2D eigenvalue weighted by Crippen LogP contribution is 2.41. The topological polar surface area (TPSA) is 55.5 Å². The van der Waals surface area contributed by atoms with Crippen LogP contribution in [0, 0.1) is 0 Å². The number of hydrogen-bond donors (Lipinski definition) is 2. The standard InChI is InChI=1S/C11H14F3NO2/c1-6(15)10(16)7-4-3-5-8(17-2)9(7)11(12,13)14/h3-6,10,16H,15H2,1-2H3/t6-,10-/m1/s1. The Morgan fingerprint density at radius 1 is 1.35 bits per heavy atom. The van der Waals surface area contributed by atoms with Gasteiger partial charge in [0.15, 0.2) is 0 Å². The minimum atomic E-state index is -4.60. The molecular formula is C11H14F3NO2. The molecule has 1 rings (SSSR count). The molecule has 0 aromatic heterocycles. The Kier molecular flexibility index (Phi) is 4.00. The molecule has 3 N–H and O–H groups in total. The fraction of sp³-hybridized carbons (Fsp3) is 0.455. The number of benzene rings is 1. The third-order valence-corrected chi connectivity index (χ3v) is 2.38. The van der Waals surface area contributed by atoms with E-state index in [0.29, 0.717) is 0 Å². The number of alkyl halides is 3. The molecule has 17 heavy (non-hydrogen) atoms. The zero-order valence-electron chi connectivity index (χ0n) is 9.45. The van der Waals surface area contributed by atoms with Crippen molar-refractivity contribution >= 4 is 0 Å². The van der Waals surface area contributed by atoms with Crippen LogP contribution in [0.4, 0.5) is 13.2 Å². The minimum Gasteiger partial charge on any atom is -0.496 e. The monoisotopic (exact) mass is 249 g/mol. The van der Waals surface area contributed by atoms with E-state index in [4.69, 9.17) is 5.73 Å². The molecule has 0 radical (unpaired) electrons. The lowest BCUT2D eigenvalue weighted by Crippen LogP contribution is -2.27. The molecule has 1 aromatic carbocycles. The Hall–Kier alpha value is -1.27. The second kappa shape index (κ2) is 4.93. The molecule has 0 bridgehead atoms. The average molecular weight is 249 g/mol. The number of halogens is 3. The summed E-state index contributed by atoms with van der Waals surface area (Å²) in [4.78, 5) is 0. The maximum absolute atomic E-state index is 12.9. The summed E-state index contributed by atoms with van der Waals surface area (Å²) >= 11 is 0. The first kappa shape index (κ1) is 13.8. The van der Waals surface area contributed by atoms with Crippen LogP contribution in [0.15, 0.2) is 18.2 Å². The van der Waals surface area contributed by atoms with Crippen molar-refractivity contribution < 1.29 is 23.0 Å². The molecule has 0 saturated heterocycles. The van der Waals surface area contributed by atoms with Crippen LogP contribution in [0.25, 0.3) is 0 Å². The van der Waals surface area contributed by atoms with E-state index in [1.54, 1.807) is 0 Å². The van der Waals surface area contributed by atoms with Crippen LogP contribution in [0.3, 0.4) is 0 Å².